The third-order valence-electron chi connectivity index (χ3n) is 2.73. The summed E-state index contributed by atoms with van der Waals surface area (Å²) in [5, 5.41) is 0.435. The third-order valence-corrected chi connectivity index (χ3v) is 3.04. The van der Waals surface area contributed by atoms with Gasteiger partial charge >= 0.3 is 0 Å². The average Bonchev–Trinajstić information content (AvgIpc) is 2.51. The summed E-state index contributed by atoms with van der Waals surface area (Å²) < 4.78 is 11.1. The van der Waals surface area contributed by atoms with Gasteiger partial charge < -0.3 is 9.47 Å². The SMILES string of the molecule is CC(C)CC(=O)c1cc2c(cc1Cl)OCCCO2. The minimum absolute atomic E-state index is 0.0469. The number of hydrogen-bond donors (Lipinski definition) is 0. The zero-order chi connectivity index (χ0) is 13.1. The molecule has 18 heavy (non-hydrogen) atoms. The van der Waals surface area contributed by atoms with Crippen molar-refractivity contribution in [2.75, 3.05) is 13.2 Å². The molecular formula is C14H17ClO3. The van der Waals surface area contributed by atoms with Gasteiger partial charge in [0.1, 0.15) is 0 Å². The second-order valence-corrected chi connectivity index (χ2v) is 5.26. The lowest BCUT2D eigenvalue weighted by molar-refractivity contribution is 0.0967. The first kappa shape index (κ1) is 13.2. The summed E-state index contributed by atoms with van der Waals surface area (Å²) >= 11 is 6.14. The van der Waals surface area contributed by atoms with Crippen molar-refractivity contribution in [2.24, 2.45) is 5.92 Å². The van der Waals surface area contributed by atoms with E-state index in [0.717, 1.165) is 6.42 Å². The number of carbonyl (C=O) groups is 1. The quantitative estimate of drug-likeness (QED) is 0.784. The van der Waals surface area contributed by atoms with Gasteiger partial charge in [-0.1, -0.05) is 25.4 Å². The molecule has 1 aromatic carbocycles. The van der Waals surface area contributed by atoms with Crippen molar-refractivity contribution in [3.63, 3.8) is 0 Å². The number of ether oxygens (including phenoxy) is 2. The number of Topliss-reactive ketones (excluding diaryl/α,β-unsaturated/α-hetero) is 1. The van der Waals surface area contributed by atoms with E-state index >= 15 is 0 Å². The van der Waals surface area contributed by atoms with Crippen molar-refractivity contribution in [3.8, 4) is 11.5 Å². The molecule has 0 saturated carbocycles. The maximum absolute atomic E-state index is 12.1. The predicted molar refractivity (Wildman–Crippen MR) is 70.8 cm³/mol. The highest BCUT2D eigenvalue weighted by Gasteiger charge is 2.18. The van der Waals surface area contributed by atoms with Crippen LogP contribution in [0.2, 0.25) is 5.02 Å². The van der Waals surface area contributed by atoms with Gasteiger partial charge in [-0.2, -0.15) is 0 Å². The summed E-state index contributed by atoms with van der Waals surface area (Å²) in [5.74, 6) is 1.60. The van der Waals surface area contributed by atoms with E-state index in [1.807, 2.05) is 13.8 Å². The molecule has 2 rings (SSSR count). The van der Waals surface area contributed by atoms with Crippen LogP contribution < -0.4 is 9.47 Å². The van der Waals surface area contributed by atoms with Crippen molar-refractivity contribution >= 4 is 17.4 Å². The standard InChI is InChI=1S/C14H17ClO3/c1-9(2)6-12(16)10-7-13-14(8-11(10)15)18-5-3-4-17-13/h7-9H,3-6H2,1-2H3. The van der Waals surface area contributed by atoms with Crippen LogP contribution in [0, 0.1) is 5.92 Å². The molecule has 4 heteroatoms. The fraction of sp³-hybridized carbons (Fsp3) is 0.500. The number of ketones is 1. The van der Waals surface area contributed by atoms with Gasteiger partial charge in [0, 0.05) is 24.5 Å². The van der Waals surface area contributed by atoms with Gasteiger partial charge in [-0.15, -0.1) is 0 Å². The van der Waals surface area contributed by atoms with Gasteiger partial charge in [0.15, 0.2) is 17.3 Å². The molecule has 0 N–H and O–H groups in total. The summed E-state index contributed by atoms with van der Waals surface area (Å²) in [5.41, 5.74) is 0.523. The van der Waals surface area contributed by atoms with Crippen molar-refractivity contribution < 1.29 is 14.3 Å². The van der Waals surface area contributed by atoms with E-state index in [4.69, 9.17) is 21.1 Å². The Labute approximate surface area is 112 Å². The number of halogens is 1. The molecule has 0 unspecified atom stereocenters. The molecule has 0 bridgehead atoms. The topological polar surface area (TPSA) is 35.5 Å². The Morgan fingerprint density at radius 1 is 1.28 bits per heavy atom. The largest absolute Gasteiger partial charge is 0.490 e. The van der Waals surface area contributed by atoms with Gasteiger partial charge in [-0.25, -0.2) is 0 Å². The molecular weight excluding hydrogens is 252 g/mol. The molecule has 98 valence electrons. The molecule has 1 aromatic rings. The Hall–Kier alpha value is -1.22. The number of benzene rings is 1. The molecule has 0 aliphatic carbocycles. The first-order valence-electron chi connectivity index (χ1n) is 6.20. The predicted octanol–water partition coefficient (Wildman–Crippen LogP) is 3.73. The summed E-state index contributed by atoms with van der Waals surface area (Å²) in [4.78, 5) is 12.1. The fourth-order valence-corrected chi connectivity index (χ4v) is 2.14. The second-order valence-electron chi connectivity index (χ2n) is 4.85. The van der Waals surface area contributed by atoms with Crippen LogP contribution in [0.15, 0.2) is 12.1 Å². The minimum Gasteiger partial charge on any atom is -0.490 e. The Bertz CT molecular complexity index is 455. The Kier molecular flexibility index (Phi) is 4.12. The van der Waals surface area contributed by atoms with E-state index in [9.17, 15) is 4.79 Å². The van der Waals surface area contributed by atoms with Crippen LogP contribution in [-0.4, -0.2) is 19.0 Å². The van der Waals surface area contributed by atoms with Crippen molar-refractivity contribution in [1.29, 1.82) is 0 Å². The molecule has 0 saturated heterocycles. The molecule has 1 aliphatic heterocycles. The van der Waals surface area contributed by atoms with Crippen molar-refractivity contribution in [3.05, 3.63) is 22.7 Å². The Morgan fingerprint density at radius 2 is 1.89 bits per heavy atom. The van der Waals surface area contributed by atoms with Crippen LogP contribution in [0.25, 0.3) is 0 Å². The molecule has 0 atom stereocenters. The highest BCUT2D eigenvalue weighted by atomic mass is 35.5. The first-order chi connectivity index (χ1) is 8.58. The van der Waals surface area contributed by atoms with E-state index in [1.165, 1.54) is 0 Å². The molecule has 1 aliphatic rings. The Morgan fingerprint density at radius 3 is 2.50 bits per heavy atom. The smallest absolute Gasteiger partial charge is 0.164 e. The minimum atomic E-state index is 0.0469. The van der Waals surface area contributed by atoms with E-state index in [2.05, 4.69) is 0 Å². The second kappa shape index (κ2) is 5.61. The lowest BCUT2D eigenvalue weighted by Gasteiger charge is -2.11. The van der Waals surface area contributed by atoms with Crippen LogP contribution in [0.4, 0.5) is 0 Å². The van der Waals surface area contributed by atoms with Crippen LogP contribution in [0.5, 0.6) is 11.5 Å². The van der Waals surface area contributed by atoms with E-state index in [-0.39, 0.29) is 5.78 Å². The van der Waals surface area contributed by atoms with Crippen LogP contribution >= 0.6 is 11.6 Å². The lowest BCUT2D eigenvalue weighted by Crippen LogP contribution is -2.05. The molecule has 0 radical (unpaired) electrons. The summed E-state index contributed by atoms with van der Waals surface area (Å²) in [6.45, 7) is 5.23. The fourth-order valence-electron chi connectivity index (χ4n) is 1.88. The van der Waals surface area contributed by atoms with Gasteiger partial charge in [0.25, 0.3) is 0 Å². The number of carbonyl (C=O) groups excluding carboxylic acids is 1. The zero-order valence-electron chi connectivity index (χ0n) is 10.7. The van der Waals surface area contributed by atoms with Gasteiger partial charge in [-0.05, 0) is 12.0 Å². The van der Waals surface area contributed by atoms with Gasteiger partial charge in [0.2, 0.25) is 0 Å². The number of rotatable bonds is 3. The molecule has 0 amide bonds. The zero-order valence-corrected chi connectivity index (χ0v) is 11.4. The maximum atomic E-state index is 12.1. The molecule has 3 nitrogen and oxygen atoms in total. The molecule has 0 fully saturated rings. The molecule has 1 heterocycles. The van der Waals surface area contributed by atoms with E-state index in [1.54, 1.807) is 12.1 Å². The van der Waals surface area contributed by atoms with Crippen LogP contribution in [0.1, 0.15) is 37.0 Å². The normalized spacial score (nSPS) is 14.4. The van der Waals surface area contributed by atoms with Crippen LogP contribution in [0.3, 0.4) is 0 Å². The average molecular weight is 269 g/mol. The first-order valence-corrected chi connectivity index (χ1v) is 6.58. The van der Waals surface area contributed by atoms with E-state index < -0.39 is 0 Å². The highest BCUT2D eigenvalue weighted by molar-refractivity contribution is 6.34. The van der Waals surface area contributed by atoms with Crippen molar-refractivity contribution in [1.82, 2.24) is 0 Å². The maximum Gasteiger partial charge on any atom is 0.164 e. The van der Waals surface area contributed by atoms with Crippen molar-refractivity contribution in [2.45, 2.75) is 26.7 Å². The lowest BCUT2D eigenvalue weighted by atomic mass is 10.0. The van der Waals surface area contributed by atoms with E-state index in [0.29, 0.717) is 47.6 Å². The number of hydrogen-bond acceptors (Lipinski definition) is 3. The monoisotopic (exact) mass is 268 g/mol. The summed E-state index contributed by atoms with van der Waals surface area (Å²) in [6.07, 6.45) is 1.32. The third kappa shape index (κ3) is 2.96. The summed E-state index contributed by atoms with van der Waals surface area (Å²) in [7, 11) is 0. The Balaban J connectivity index is 2.31. The molecule has 0 spiro atoms. The number of fused-ring (bicyclic) bond motifs is 1. The highest BCUT2D eigenvalue weighted by Crippen LogP contribution is 2.35. The van der Waals surface area contributed by atoms with Gasteiger partial charge in [0.05, 0.1) is 18.2 Å². The molecule has 0 aromatic heterocycles. The van der Waals surface area contributed by atoms with Gasteiger partial charge in [-0.3, -0.25) is 4.79 Å². The summed E-state index contributed by atoms with van der Waals surface area (Å²) in [6, 6.07) is 3.38. The van der Waals surface area contributed by atoms with Crippen LogP contribution in [-0.2, 0) is 0 Å².